The maximum atomic E-state index is 12.7. The molecule has 2 aliphatic heterocycles. The largest absolute Gasteiger partial charge is 0.353 e. The molecule has 0 unspecified atom stereocenters. The summed E-state index contributed by atoms with van der Waals surface area (Å²) in [7, 11) is 0. The topological polar surface area (TPSA) is 56.8 Å². The van der Waals surface area contributed by atoms with Gasteiger partial charge >= 0.3 is 0 Å². The Balaban J connectivity index is 1.59. The first-order valence-electron chi connectivity index (χ1n) is 7.99. The van der Waals surface area contributed by atoms with Crippen molar-refractivity contribution in [2.45, 2.75) is 25.8 Å². The van der Waals surface area contributed by atoms with Crippen LogP contribution in [-0.2, 0) is 9.59 Å². The van der Waals surface area contributed by atoms with E-state index >= 15 is 0 Å². The van der Waals surface area contributed by atoms with Crippen LogP contribution in [0.25, 0.3) is 0 Å². The highest BCUT2D eigenvalue weighted by Gasteiger charge is 2.36. The highest BCUT2D eigenvalue weighted by molar-refractivity contribution is 6.30. The molecule has 2 aliphatic rings. The number of rotatable bonds is 2. The average molecular weight is 337 g/mol. The summed E-state index contributed by atoms with van der Waals surface area (Å²) >= 11 is 5.86. The standard InChI is InChI=1S/C16H21ClN4O2/c1-12(22)21-6-2-3-14(21)16(23)20-9-7-19(8-10-20)15-5-4-13(17)11-18-15/h4-5,11,14H,2-3,6-10H2,1H3/t14-/m1/s1. The van der Waals surface area contributed by atoms with Crippen LogP contribution in [-0.4, -0.2) is 65.4 Å². The van der Waals surface area contributed by atoms with Gasteiger partial charge in [0.1, 0.15) is 11.9 Å². The minimum absolute atomic E-state index is 0.00940. The molecule has 2 amide bonds. The molecule has 1 aromatic heterocycles. The Bertz CT molecular complexity index is 584. The lowest BCUT2D eigenvalue weighted by Crippen LogP contribution is -2.54. The molecule has 3 rings (SSSR count). The van der Waals surface area contributed by atoms with E-state index < -0.39 is 0 Å². The third-order valence-electron chi connectivity index (χ3n) is 4.57. The first-order valence-corrected chi connectivity index (χ1v) is 8.36. The van der Waals surface area contributed by atoms with Gasteiger partial charge in [-0.3, -0.25) is 9.59 Å². The maximum Gasteiger partial charge on any atom is 0.245 e. The van der Waals surface area contributed by atoms with Crippen molar-refractivity contribution < 1.29 is 9.59 Å². The predicted octanol–water partition coefficient (Wildman–Crippen LogP) is 1.39. The lowest BCUT2D eigenvalue weighted by Gasteiger charge is -2.37. The summed E-state index contributed by atoms with van der Waals surface area (Å²) in [6, 6.07) is 3.45. The third-order valence-corrected chi connectivity index (χ3v) is 4.79. The highest BCUT2D eigenvalue weighted by atomic mass is 35.5. The molecule has 7 heteroatoms. The molecule has 124 valence electrons. The molecule has 0 spiro atoms. The van der Waals surface area contributed by atoms with E-state index in [9.17, 15) is 9.59 Å². The summed E-state index contributed by atoms with van der Waals surface area (Å²) in [6.07, 6.45) is 3.32. The van der Waals surface area contributed by atoms with Gasteiger partial charge in [0, 0.05) is 45.8 Å². The number of nitrogens with zero attached hydrogens (tertiary/aromatic N) is 4. The molecule has 2 fully saturated rings. The van der Waals surface area contributed by atoms with Gasteiger partial charge < -0.3 is 14.7 Å². The lowest BCUT2D eigenvalue weighted by atomic mass is 10.1. The van der Waals surface area contributed by atoms with Crippen LogP contribution in [0.4, 0.5) is 5.82 Å². The average Bonchev–Trinajstić information content (AvgIpc) is 3.05. The first kappa shape index (κ1) is 16.1. The number of aromatic nitrogens is 1. The molecule has 1 aromatic rings. The monoisotopic (exact) mass is 336 g/mol. The third kappa shape index (κ3) is 3.42. The summed E-state index contributed by atoms with van der Waals surface area (Å²) in [5, 5.41) is 0.619. The second-order valence-corrected chi connectivity index (χ2v) is 6.45. The van der Waals surface area contributed by atoms with Crippen LogP contribution in [0.2, 0.25) is 5.02 Å². The molecule has 0 radical (unpaired) electrons. The van der Waals surface area contributed by atoms with E-state index in [0.29, 0.717) is 24.7 Å². The molecular weight excluding hydrogens is 316 g/mol. The number of carbonyl (C=O) groups excluding carboxylic acids is 2. The number of halogens is 1. The molecule has 0 bridgehead atoms. The molecule has 0 saturated carbocycles. The Hall–Kier alpha value is -1.82. The maximum absolute atomic E-state index is 12.7. The van der Waals surface area contributed by atoms with Crippen LogP contribution < -0.4 is 4.90 Å². The van der Waals surface area contributed by atoms with Crippen LogP contribution in [0, 0.1) is 0 Å². The summed E-state index contributed by atoms with van der Waals surface area (Å²) in [4.78, 5) is 34.4. The number of hydrogen-bond acceptors (Lipinski definition) is 4. The molecule has 1 atom stereocenters. The van der Waals surface area contributed by atoms with Gasteiger partial charge in [-0.25, -0.2) is 4.98 Å². The van der Waals surface area contributed by atoms with Gasteiger partial charge in [0.15, 0.2) is 0 Å². The van der Waals surface area contributed by atoms with E-state index in [0.717, 1.165) is 31.7 Å². The number of piperazine rings is 1. The summed E-state index contributed by atoms with van der Waals surface area (Å²) in [5.41, 5.74) is 0. The van der Waals surface area contributed by atoms with E-state index in [-0.39, 0.29) is 17.9 Å². The van der Waals surface area contributed by atoms with Crippen molar-refractivity contribution in [1.82, 2.24) is 14.8 Å². The van der Waals surface area contributed by atoms with Gasteiger partial charge in [-0.05, 0) is 25.0 Å². The number of hydrogen-bond donors (Lipinski definition) is 0. The minimum atomic E-state index is -0.271. The fourth-order valence-corrected chi connectivity index (χ4v) is 3.43. The summed E-state index contributed by atoms with van der Waals surface area (Å²) in [6.45, 7) is 5.03. The number of amides is 2. The van der Waals surface area contributed by atoms with Crippen LogP contribution in [0.5, 0.6) is 0 Å². The Labute approximate surface area is 141 Å². The molecule has 23 heavy (non-hydrogen) atoms. The molecular formula is C16H21ClN4O2. The van der Waals surface area contributed by atoms with Crippen LogP contribution in [0.1, 0.15) is 19.8 Å². The van der Waals surface area contributed by atoms with Gasteiger partial charge in [0.05, 0.1) is 5.02 Å². The smallest absolute Gasteiger partial charge is 0.245 e. The lowest BCUT2D eigenvalue weighted by molar-refractivity contribution is -0.143. The zero-order valence-electron chi connectivity index (χ0n) is 13.2. The van der Waals surface area contributed by atoms with E-state index in [1.54, 1.807) is 11.1 Å². The fraction of sp³-hybridized carbons (Fsp3) is 0.562. The summed E-state index contributed by atoms with van der Waals surface area (Å²) in [5.74, 6) is 0.957. The molecule has 0 aromatic carbocycles. The number of likely N-dealkylation sites (tertiary alicyclic amines) is 1. The van der Waals surface area contributed by atoms with Crippen LogP contribution in [0.3, 0.4) is 0 Å². The Kier molecular flexibility index (Phi) is 4.71. The van der Waals surface area contributed by atoms with Crippen molar-refractivity contribution in [3.63, 3.8) is 0 Å². The Morgan fingerprint density at radius 1 is 1.17 bits per heavy atom. The quantitative estimate of drug-likeness (QED) is 0.819. The normalized spacial score (nSPS) is 21.7. The molecule has 2 saturated heterocycles. The van der Waals surface area contributed by atoms with Crippen molar-refractivity contribution in [3.05, 3.63) is 23.4 Å². The van der Waals surface area contributed by atoms with Crippen molar-refractivity contribution in [3.8, 4) is 0 Å². The number of anilines is 1. The zero-order chi connectivity index (χ0) is 16.4. The van der Waals surface area contributed by atoms with E-state index in [2.05, 4.69) is 9.88 Å². The van der Waals surface area contributed by atoms with Gasteiger partial charge in [0.25, 0.3) is 0 Å². The van der Waals surface area contributed by atoms with Gasteiger partial charge in [-0.15, -0.1) is 0 Å². The fourth-order valence-electron chi connectivity index (χ4n) is 3.32. The zero-order valence-corrected chi connectivity index (χ0v) is 14.0. The van der Waals surface area contributed by atoms with Crippen LogP contribution in [0.15, 0.2) is 18.3 Å². The van der Waals surface area contributed by atoms with Crippen molar-refractivity contribution in [2.24, 2.45) is 0 Å². The van der Waals surface area contributed by atoms with Crippen molar-refractivity contribution >= 4 is 29.2 Å². The van der Waals surface area contributed by atoms with Crippen LogP contribution >= 0.6 is 11.6 Å². The second-order valence-electron chi connectivity index (χ2n) is 6.02. The molecule has 0 aliphatic carbocycles. The first-order chi connectivity index (χ1) is 11.1. The Morgan fingerprint density at radius 2 is 1.91 bits per heavy atom. The highest BCUT2D eigenvalue weighted by Crippen LogP contribution is 2.21. The SMILES string of the molecule is CC(=O)N1CCC[C@@H]1C(=O)N1CCN(c2ccc(Cl)cn2)CC1. The minimum Gasteiger partial charge on any atom is -0.353 e. The van der Waals surface area contributed by atoms with Crippen molar-refractivity contribution in [1.29, 1.82) is 0 Å². The van der Waals surface area contributed by atoms with E-state index in [1.807, 2.05) is 17.0 Å². The molecule has 3 heterocycles. The number of carbonyl (C=O) groups is 2. The summed E-state index contributed by atoms with van der Waals surface area (Å²) < 4.78 is 0. The predicted molar refractivity (Wildman–Crippen MR) is 88.4 cm³/mol. The Morgan fingerprint density at radius 3 is 2.52 bits per heavy atom. The van der Waals surface area contributed by atoms with Gasteiger partial charge in [-0.1, -0.05) is 11.6 Å². The van der Waals surface area contributed by atoms with Gasteiger partial charge in [0.2, 0.25) is 11.8 Å². The molecule has 0 N–H and O–H groups in total. The van der Waals surface area contributed by atoms with E-state index in [1.165, 1.54) is 6.92 Å². The van der Waals surface area contributed by atoms with Gasteiger partial charge in [-0.2, -0.15) is 0 Å². The second kappa shape index (κ2) is 6.74. The van der Waals surface area contributed by atoms with Crippen molar-refractivity contribution in [2.75, 3.05) is 37.6 Å². The number of pyridine rings is 1. The van der Waals surface area contributed by atoms with E-state index in [4.69, 9.17) is 11.6 Å². The molecule has 6 nitrogen and oxygen atoms in total.